The van der Waals surface area contributed by atoms with Crippen LogP contribution in [-0.4, -0.2) is 41.0 Å². The fourth-order valence-corrected chi connectivity index (χ4v) is 2.21. The first-order chi connectivity index (χ1) is 9.51. The summed E-state index contributed by atoms with van der Waals surface area (Å²) in [6.45, 7) is 12.2. The SMILES string of the molecule is CCN(CC)CCNCc1ncc(C)c([N+](=O)[O-])c1C. The maximum atomic E-state index is 11.0. The second-order valence-electron chi connectivity index (χ2n) is 4.82. The largest absolute Gasteiger partial charge is 0.310 e. The van der Waals surface area contributed by atoms with Gasteiger partial charge in [-0.2, -0.15) is 0 Å². The Hall–Kier alpha value is -1.53. The van der Waals surface area contributed by atoms with E-state index in [1.165, 1.54) is 0 Å². The molecule has 20 heavy (non-hydrogen) atoms. The maximum Gasteiger partial charge on any atom is 0.278 e. The smallest absolute Gasteiger partial charge is 0.278 e. The minimum Gasteiger partial charge on any atom is -0.310 e. The van der Waals surface area contributed by atoms with Crippen molar-refractivity contribution in [3.05, 3.63) is 33.1 Å². The molecule has 6 heteroatoms. The molecule has 1 rings (SSSR count). The summed E-state index contributed by atoms with van der Waals surface area (Å²) >= 11 is 0. The van der Waals surface area contributed by atoms with E-state index in [2.05, 4.69) is 29.0 Å². The van der Waals surface area contributed by atoms with E-state index in [4.69, 9.17) is 0 Å². The molecule has 0 unspecified atom stereocenters. The molecular weight excluding hydrogens is 256 g/mol. The van der Waals surface area contributed by atoms with Crippen molar-refractivity contribution in [2.45, 2.75) is 34.2 Å². The standard InChI is InChI=1S/C14H24N4O2/c1-5-17(6-2)8-7-15-10-13-12(4)14(18(19)20)11(3)9-16-13/h9,15H,5-8,10H2,1-4H3. The number of nitrogens with zero attached hydrogens (tertiary/aromatic N) is 3. The third kappa shape index (κ3) is 4.25. The Bertz CT molecular complexity index is 459. The Labute approximate surface area is 120 Å². The van der Waals surface area contributed by atoms with Crippen molar-refractivity contribution < 1.29 is 4.92 Å². The van der Waals surface area contributed by atoms with Crippen LogP contribution in [-0.2, 0) is 6.54 Å². The average molecular weight is 280 g/mol. The lowest BCUT2D eigenvalue weighted by molar-refractivity contribution is -0.386. The highest BCUT2D eigenvalue weighted by Crippen LogP contribution is 2.23. The molecule has 0 fully saturated rings. The summed E-state index contributed by atoms with van der Waals surface area (Å²) in [5.74, 6) is 0. The Morgan fingerprint density at radius 1 is 1.35 bits per heavy atom. The first-order valence-electron chi connectivity index (χ1n) is 7.03. The molecule has 6 nitrogen and oxygen atoms in total. The molecule has 1 aromatic rings. The normalized spacial score (nSPS) is 11.1. The van der Waals surface area contributed by atoms with E-state index < -0.39 is 0 Å². The summed E-state index contributed by atoms with van der Waals surface area (Å²) in [6, 6.07) is 0. The van der Waals surface area contributed by atoms with Crippen LogP contribution in [0.15, 0.2) is 6.20 Å². The van der Waals surface area contributed by atoms with Gasteiger partial charge in [0.1, 0.15) is 0 Å². The minimum atomic E-state index is -0.328. The van der Waals surface area contributed by atoms with Gasteiger partial charge in [0, 0.05) is 37.0 Å². The van der Waals surface area contributed by atoms with E-state index in [1.807, 2.05) is 0 Å². The van der Waals surface area contributed by atoms with Gasteiger partial charge in [0.25, 0.3) is 5.69 Å². The zero-order chi connectivity index (χ0) is 15.1. The van der Waals surface area contributed by atoms with Crippen molar-refractivity contribution in [1.82, 2.24) is 15.2 Å². The van der Waals surface area contributed by atoms with Crippen molar-refractivity contribution in [1.29, 1.82) is 0 Å². The van der Waals surface area contributed by atoms with E-state index in [0.29, 0.717) is 17.7 Å². The summed E-state index contributed by atoms with van der Waals surface area (Å²) in [7, 11) is 0. The van der Waals surface area contributed by atoms with Gasteiger partial charge in [-0.05, 0) is 26.9 Å². The Kier molecular flexibility index (Phi) is 6.54. The van der Waals surface area contributed by atoms with Crippen LogP contribution in [0.4, 0.5) is 5.69 Å². The molecule has 0 radical (unpaired) electrons. The summed E-state index contributed by atoms with van der Waals surface area (Å²) in [5, 5.41) is 14.3. The van der Waals surface area contributed by atoms with E-state index >= 15 is 0 Å². The molecule has 0 aromatic carbocycles. The third-order valence-electron chi connectivity index (χ3n) is 3.55. The molecule has 112 valence electrons. The second kappa shape index (κ2) is 7.91. The van der Waals surface area contributed by atoms with Crippen molar-refractivity contribution in [2.75, 3.05) is 26.2 Å². The van der Waals surface area contributed by atoms with E-state index in [0.717, 1.165) is 31.9 Å². The summed E-state index contributed by atoms with van der Waals surface area (Å²) in [5.41, 5.74) is 2.20. The second-order valence-corrected chi connectivity index (χ2v) is 4.82. The van der Waals surface area contributed by atoms with Crippen molar-refractivity contribution in [3.8, 4) is 0 Å². The molecule has 1 N–H and O–H groups in total. The number of nitro groups is 1. The Morgan fingerprint density at radius 3 is 2.55 bits per heavy atom. The van der Waals surface area contributed by atoms with Gasteiger partial charge in [-0.3, -0.25) is 15.1 Å². The van der Waals surface area contributed by atoms with Gasteiger partial charge in [0.2, 0.25) is 0 Å². The van der Waals surface area contributed by atoms with Gasteiger partial charge in [0.05, 0.1) is 10.6 Å². The quantitative estimate of drug-likeness (QED) is 0.448. The lowest BCUT2D eigenvalue weighted by Gasteiger charge is -2.18. The highest BCUT2D eigenvalue weighted by atomic mass is 16.6. The molecular formula is C14H24N4O2. The van der Waals surface area contributed by atoms with Gasteiger partial charge >= 0.3 is 0 Å². The number of likely N-dealkylation sites (N-methyl/N-ethyl adjacent to an activating group) is 1. The molecule has 0 aliphatic heterocycles. The van der Waals surface area contributed by atoms with Crippen molar-refractivity contribution >= 4 is 5.69 Å². The highest BCUT2D eigenvalue weighted by Gasteiger charge is 2.18. The average Bonchev–Trinajstić information content (AvgIpc) is 2.41. The van der Waals surface area contributed by atoms with Gasteiger partial charge in [-0.25, -0.2) is 0 Å². The predicted octanol–water partition coefficient (Wildman–Crippen LogP) is 2.04. The number of aromatic nitrogens is 1. The first-order valence-corrected chi connectivity index (χ1v) is 7.03. The van der Waals surface area contributed by atoms with Crippen LogP contribution >= 0.6 is 0 Å². The molecule has 0 atom stereocenters. The molecule has 1 aromatic heterocycles. The Morgan fingerprint density at radius 2 is 2.00 bits per heavy atom. The van der Waals surface area contributed by atoms with Crippen molar-refractivity contribution in [3.63, 3.8) is 0 Å². The zero-order valence-corrected chi connectivity index (χ0v) is 12.8. The van der Waals surface area contributed by atoms with Crippen molar-refractivity contribution in [2.24, 2.45) is 0 Å². The van der Waals surface area contributed by atoms with Crippen LogP contribution in [0.5, 0.6) is 0 Å². The topological polar surface area (TPSA) is 71.3 Å². The van der Waals surface area contributed by atoms with Gasteiger partial charge in [-0.15, -0.1) is 0 Å². The lowest BCUT2D eigenvalue weighted by atomic mass is 10.1. The number of hydrogen-bond donors (Lipinski definition) is 1. The lowest BCUT2D eigenvalue weighted by Crippen LogP contribution is -2.31. The number of hydrogen-bond acceptors (Lipinski definition) is 5. The molecule has 0 aliphatic rings. The van der Waals surface area contributed by atoms with E-state index in [-0.39, 0.29) is 10.6 Å². The van der Waals surface area contributed by atoms with Crippen LogP contribution in [0.25, 0.3) is 0 Å². The van der Waals surface area contributed by atoms with Gasteiger partial charge in [0.15, 0.2) is 0 Å². The van der Waals surface area contributed by atoms with Crippen LogP contribution in [0.1, 0.15) is 30.7 Å². The van der Waals surface area contributed by atoms with Crippen LogP contribution in [0.3, 0.4) is 0 Å². The number of nitrogens with one attached hydrogen (secondary N) is 1. The number of pyridine rings is 1. The maximum absolute atomic E-state index is 11.0. The molecule has 0 saturated carbocycles. The fourth-order valence-electron chi connectivity index (χ4n) is 2.21. The summed E-state index contributed by atoms with van der Waals surface area (Å²) in [6.07, 6.45) is 1.58. The molecule has 0 amide bonds. The highest BCUT2D eigenvalue weighted by molar-refractivity contribution is 5.47. The van der Waals surface area contributed by atoms with Crippen LogP contribution in [0.2, 0.25) is 0 Å². The summed E-state index contributed by atoms with van der Waals surface area (Å²) in [4.78, 5) is 17.3. The van der Waals surface area contributed by atoms with Crippen LogP contribution < -0.4 is 5.32 Å². The van der Waals surface area contributed by atoms with E-state index in [9.17, 15) is 10.1 Å². The minimum absolute atomic E-state index is 0.181. The number of aryl methyl sites for hydroxylation is 1. The van der Waals surface area contributed by atoms with Gasteiger partial charge in [-0.1, -0.05) is 13.8 Å². The number of rotatable bonds is 8. The molecule has 0 spiro atoms. The molecule has 0 bridgehead atoms. The van der Waals surface area contributed by atoms with E-state index in [1.54, 1.807) is 20.0 Å². The fraction of sp³-hybridized carbons (Fsp3) is 0.643. The Balaban J connectivity index is 2.61. The first kappa shape index (κ1) is 16.5. The van der Waals surface area contributed by atoms with Crippen LogP contribution in [0, 0.1) is 24.0 Å². The zero-order valence-electron chi connectivity index (χ0n) is 12.8. The molecule has 0 saturated heterocycles. The monoisotopic (exact) mass is 280 g/mol. The summed E-state index contributed by atoms with van der Waals surface area (Å²) < 4.78 is 0. The predicted molar refractivity (Wildman–Crippen MR) is 79.9 cm³/mol. The molecule has 1 heterocycles. The third-order valence-corrected chi connectivity index (χ3v) is 3.55. The molecule has 0 aliphatic carbocycles. The van der Waals surface area contributed by atoms with Gasteiger partial charge < -0.3 is 10.2 Å².